The van der Waals surface area contributed by atoms with E-state index in [1.807, 2.05) is 0 Å². The van der Waals surface area contributed by atoms with Crippen LogP contribution in [0.4, 0.5) is 0 Å². The molecular formula is C21H33N3O3S. The van der Waals surface area contributed by atoms with Crippen LogP contribution in [-0.4, -0.2) is 48.8 Å². The van der Waals surface area contributed by atoms with E-state index in [4.69, 9.17) is 0 Å². The zero-order chi connectivity index (χ0) is 20.6. The molecule has 156 valence electrons. The van der Waals surface area contributed by atoms with Gasteiger partial charge in [0.15, 0.2) is 0 Å². The third-order valence-electron chi connectivity index (χ3n) is 5.59. The predicted molar refractivity (Wildman–Crippen MR) is 111 cm³/mol. The number of sulfonamides is 1. The predicted octanol–water partition coefficient (Wildman–Crippen LogP) is 2.90. The van der Waals surface area contributed by atoms with Gasteiger partial charge in [-0.2, -0.15) is 4.31 Å². The molecule has 7 heteroatoms. The summed E-state index contributed by atoms with van der Waals surface area (Å²) in [7, 11) is -3.47. The standard InChI is InChI=1S/C21H33N3O3S/c1-20(2)14-17(15-21(3,4)23-20)22-19(25)16-8-10-18(11-9-16)28(26,27)24-12-6-5-7-13-24/h8-11,17,23H,5-7,12-15H2,1-4H3,(H,22,25). The van der Waals surface area contributed by atoms with Crippen LogP contribution in [-0.2, 0) is 10.0 Å². The zero-order valence-corrected chi connectivity index (χ0v) is 18.2. The van der Waals surface area contributed by atoms with Crippen molar-refractivity contribution in [3.05, 3.63) is 29.8 Å². The smallest absolute Gasteiger partial charge is 0.251 e. The fourth-order valence-corrected chi connectivity index (χ4v) is 6.24. The topological polar surface area (TPSA) is 78.5 Å². The lowest BCUT2D eigenvalue weighted by Crippen LogP contribution is -2.62. The fourth-order valence-electron chi connectivity index (χ4n) is 4.73. The molecule has 0 radical (unpaired) electrons. The Morgan fingerprint density at radius 1 is 1.00 bits per heavy atom. The van der Waals surface area contributed by atoms with E-state index in [0.29, 0.717) is 18.7 Å². The highest BCUT2D eigenvalue weighted by Crippen LogP contribution is 2.29. The van der Waals surface area contributed by atoms with E-state index < -0.39 is 10.0 Å². The van der Waals surface area contributed by atoms with E-state index in [1.54, 1.807) is 28.6 Å². The Hall–Kier alpha value is -1.44. The van der Waals surface area contributed by atoms with Crippen molar-refractivity contribution in [2.75, 3.05) is 13.1 Å². The second-order valence-electron chi connectivity index (χ2n) is 9.46. The normalized spacial score (nSPS) is 23.3. The molecule has 0 aliphatic carbocycles. The number of hydrogen-bond acceptors (Lipinski definition) is 4. The highest BCUT2D eigenvalue weighted by molar-refractivity contribution is 7.89. The lowest BCUT2D eigenvalue weighted by Gasteiger charge is -2.46. The molecule has 0 unspecified atom stereocenters. The molecule has 0 bridgehead atoms. The minimum absolute atomic E-state index is 0.0495. The van der Waals surface area contributed by atoms with Crippen LogP contribution in [0.2, 0.25) is 0 Å². The number of amides is 1. The summed E-state index contributed by atoms with van der Waals surface area (Å²) in [5.41, 5.74) is 0.393. The molecular weight excluding hydrogens is 374 g/mol. The Balaban J connectivity index is 1.68. The molecule has 0 spiro atoms. The van der Waals surface area contributed by atoms with Crippen molar-refractivity contribution in [3.63, 3.8) is 0 Å². The third kappa shape index (κ3) is 4.93. The van der Waals surface area contributed by atoms with Gasteiger partial charge in [0.05, 0.1) is 4.90 Å². The average Bonchev–Trinajstić information content (AvgIpc) is 2.60. The summed E-state index contributed by atoms with van der Waals surface area (Å²) < 4.78 is 27.0. The van der Waals surface area contributed by atoms with Crippen LogP contribution in [0, 0.1) is 0 Å². The number of hydrogen-bond donors (Lipinski definition) is 2. The van der Waals surface area contributed by atoms with Gasteiger partial charge < -0.3 is 10.6 Å². The molecule has 0 atom stereocenters. The first kappa shape index (κ1) is 21.3. The van der Waals surface area contributed by atoms with E-state index in [1.165, 1.54) is 0 Å². The molecule has 3 rings (SSSR count). The first-order chi connectivity index (χ1) is 13.0. The number of rotatable bonds is 4. The molecule has 6 nitrogen and oxygen atoms in total. The molecule has 0 saturated carbocycles. The van der Waals surface area contributed by atoms with Crippen molar-refractivity contribution in [2.24, 2.45) is 0 Å². The van der Waals surface area contributed by atoms with Crippen molar-refractivity contribution < 1.29 is 13.2 Å². The third-order valence-corrected chi connectivity index (χ3v) is 7.51. The van der Waals surface area contributed by atoms with E-state index >= 15 is 0 Å². The van der Waals surface area contributed by atoms with Gasteiger partial charge >= 0.3 is 0 Å². The van der Waals surface area contributed by atoms with Gasteiger partial charge in [-0.25, -0.2) is 8.42 Å². The Labute approximate surface area is 169 Å². The maximum absolute atomic E-state index is 12.7. The van der Waals surface area contributed by atoms with Crippen LogP contribution in [0.25, 0.3) is 0 Å². The maximum Gasteiger partial charge on any atom is 0.251 e. The van der Waals surface area contributed by atoms with E-state index in [-0.39, 0.29) is 27.9 Å². The van der Waals surface area contributed by atoms with Gasteiger partial charge in [0.2, 0.25) is 10.0 Å². The second kappa shape index (κ2) is 7.76. The molecule has 2 fully saturated rings. The van der Waals surface area contributed by atoms with Crippen LogP contribution in [0.3, 0.4) is 0 Å². The molecule has 1 amide bonds. The lowest BCUT2D eigenvalue weighted by atomic mass is 9.79. The lowest BCUT2D eigenvalue weighted by molar-refractivity contribution is 0.0873. The van der Waals surface area contributed by atoms with Gasteiger partial charge in [-0.05, 0) is 77.6 Å². The Morgan fingerprint density at radius 2 is 1.54 bits per heavy atom. The summed E-state index contributed by atoms with van der Waals surface area (Å²) in [6.07, 6.45) is 4.59. The van der Waals surface area contributed by atoms with Crippen LogP contribution in [0.5, 0.6) is 0 Å². The summed E-state index contributed by atoms with van der Waals surface area (Å²) in [5, 5.41) is 6.74. The van der Waals surface area contributed by atoms with Crippen molar-refractivity contribution in [3.8, 4) is 0 Å². The molecule has 28 heavy (non-hydrogen) atoms. The first-order valence-electron chi connectivity index (χ1n) is 10.2. The summed E-state index contributed by atoms with van der Waals surface area (Å²) in [6.45, 7) is 9.74. The Kier molecular flexibility index (Phi) is 5.90. The van der Waals surface area contributed by atoms with E-state index in [0.717, 1.165) is 32.1 Å². The molecule has 2 N–H and O–H groups in total. The summed E-state index contributed by atoms with van der Waals surface area (Å²) in [6, 6.07) is 6.41. The van der Waals surface area contributed by atoms with Crippen molar-refractivity contribution in [2.45, 2.75) is 81.8 Å². The number of nitrogens with zero attached hydrogens (tertiary/aromatic N) is 1. The average molecular weight is 408 g/mol. The van der Waals surface area contributed by atoms with Gasteiger partial charge in [0.25, 0.3) is 5.91 Å². The number of piperidine rings is 2. The number of carbonyl (C=O) groups excluding carboxylic acids is 1. The molecule has 2 aliphatic rings. The van der Waals surface area contributed by atoms with Crippen LogP contribution >= 0.6 is 0 Å². The van der Waals surface area contributed by atoms with Crippen molar-refractivity contribution in [1.29, 1.82) is 0 Å². The quantitative estimate of drug-likeness (QED) is 0.804. The maximum atomic E-state index is 12.7. The van der Waals surface area contributed by atoms with Crippen LogP contribution in [0.15, 0.2) is 29.2 Å². The number of benzene rings is 1. The molecule has 2 saturated heterocycles. The highest BCUT2D eigenvalue weighted by Gasteiger charge is 2.38. The zero-order valence-electron chi connectivity index (χ0n) is 17.4. The summed E-state index contributed by atoms with van der Waals surface area (Å²) in [4.78, 5) is 13.0. The monoisotopic (exact) mass is 407 g/mol. The summed E-state index contributed by atoms with van der Waals surface area (Å²) in [5.74, 6) is -0.152. The number of carbonyl (C=O) groups is 1. The largest absolute Gasteiger partial charge is 0.349 e. The van der Waals surface area contributed by atoms with E-state index in [9.17, 15) is 13.2 Å². The molecule has 2 aliphatic heterocycles. The van der Waals surface area contributed by atoms with Gasteiger partial charge in [0.1, 0.15) is 0 Å². The van der Waals surface area contributed by atoms with Gasteiger partial charge in [0, 0.05) is 35.8 Å². The van der Waals surface area contributed by atoms with Gasteiger partial charge in [-0.15, -0.1) is 0 Å². The first-order valence-corrected chi connectivity index (χ1v) is 11.6. The highest BCUT2D eigenvalue weighted by atomic mass is 32.2. The van der Waals surface area contributed by atoms with Gasteiger partial charge in [-0.3, -0.25) is 4.79 Å². The minimum Gasteiger partial charge on any atom is -0.349 e. The SMILES string of the molecule is CC1(C)CC(NC(=O)c2ccc(S(=O)(=O)N3CCCCC3)cc2)CC(C)(C)N1. The number of nitrogens with one attached hydrogen (secondary N) is 2. The molecule has 1 aromatic carbocycles. The van der Waals surface area contributed by atoms with Gasteiger partial charge in [-0.1, -0.05) is 6.42 Å². The Bertz CT molecular complexity index is 794. The van der Waals surface area contributed by atoms with Crippen LogP contribution < -0.4 is 10.6 Å². The molecule has 0 aromatic heterocycles. The second-order valence-corrected chi connectivity index (χ2v) is 11.4. The Morgan fingerprint density at radius 3 is 2.07 bits per heavy atom. The van der Waals surface area contributed by atoms with Crippen molar-refractivity contribution >= 4 is 15.9 Å². The minimum atomic E-state index is -3.47. The fraction of sp³-hybridized carbons (Fsp3) is 0.667. The molecule has 2 heterocycles. The van der Waals surface area contributed by atoms with Crippen LogP contribution in [0.1, 0.15) is 70.2 Å². The molecule has 1 aromatic rings. The summed E-state index contributed by atoms with van der Waals surface area (Å²) >= 11 is 0. The van der Waals surface area contributed by atoms with Crippen molar-refractivity contribution in [1.82, 2.24) is 14.9 Å². The van der Waals surface area contributed by atoms with E-state index in [2.05, 4.69) is 38.3 Å².